The summed E-state index contributed by atoms with van der Waals surface area (Å²) in [6.07, 6.45) is 3.67. The first-order valence-electron chi connectivity index (χ1n) is 15.1. The molecular formula is C33H40F3N3O3. The van der Waals surface area contributed by atoms with Crippen molar-refractivity contribution in [2.75, 3.05) is 0 Å². The molecule has 1 aromatic rings. The second-order valence-electron chi connectivity index (χ2n) is 15.8. The van der Waals surface area contributed by atoms with Gasteiger partial charge < -0.3 is 4.52 Å². The van der Waals surface area contributed by atoms with Gasteiger partial charge in [0.25, 0.3) is 5.82 Å². The predicted octanol–water partition coefficient (Wildman–Crippen LogP) is 7.56. The summed E-state index contributed by atoms with van der Waals surface area (Å²) in [7, 11) is 0. The first-order chi connectivity index (χ1) is 19.3. The quantitative estimate of drug-likeness (QED) is 0.339. The van der Waals surface area contributed by atoms with E-state index < -0.39 is 45.0 Å². The molecule has 0 radical (unpaired) electrons. The average Bonchev–Trinajstić information content (AvgIpc) is 3.39. The predicted molar refractivity (Wildman–Crippen MR) is 147 cm³/mol. The van der Waals surface area contributed by atoms with Gasteiger partial charge in [0, 0.05) is 16.7 Å². The molecular weight excluding hydrogens is 543 g/mol. The van der Waals surface area contributed by atoms with E-state index in [4.69, 9.17) is 4.52 Å². The zero-order valence-corrected chi connectivity index (χ0v) is 25.5. The fourth-order valence-electron chi connectivity index (χ4n) is 10.5. The van der Waals surface area contributed by atoms with E-state index in [2.05, 4.69) is 50.8 Å². The molecule has 0 aliphatic heterocycles. The molecule has 9 heteroatoms. The molecule has 0 bridgehead atoms. The Morgan fingerprint density at radius 1 is 1.00 bits per heavy atom. The number of ketones is 2. The van der Waals surface area contributed by atoms with Crippen LogP contribution in [0.1, 0.15) is 105 Å². The molecule has 0 amide bonds. The summed E-state index contributed by atoms with van der Waals surface area (Å²) < 4.78 is 46.1. The Kier molecular flexibility index (Phi) is 5.90. The highest BCUT2D eigenvalue weighted by atomic mass is 19.4. The third kappa shape index (κ3) is 3.56. The van der Waals surface area contributed by atoms with Gasteiger partial charge in [-0.2, -0.15) is 23.4 Å². The van der Waals surface area contributed by atoms with Gasteiger partial charge in [-0.15, -0.1) is 0 Å². The summed E-state index contributed by atoms with van der Waals surface area (Å²) in [6, 6.07) is 2.13. The summed E-state index contributed by atoms with van der Waals surface area (Å²) >= 11 is 0. The summed E-state index contributed by atoms with van der Waals surface area (Å²) in [5.41, 5.74) is -2.06. The van der Waals surface area contributed by atoms with Gasteiger partial charge in [0.2, 0.25) is 5.89 Å². The van der Waals surface area contributed by atoms with Crippen molar-refractivity contribution in [1.82, 2.24) is 10.1 Å². The molecule has 7 atom stereocenters. The Bertz CT molecular complexity index is 1500. The summed E-state index contributed by atoms with van der Waals surface area (Å²) in [6.45, 7) is 14.7. The van der Waals surface area contributed by atoms with Crippen LogP contribution < -0.4 is 0 Å². The monoisotopic (exact) mass is 583 g/mol. The summed E-state index contributed by atoms with van der Waals surface area (Å²) in [4.78, 5) is 31.7. The Morgan fingerprint density at radius 2 is 1.67 bits per heavy atom. The SMILES string of the molecule is CC1(C)CC[C@]2(c3nc(C(F)(F)F)no3)CC[C@]3(C)[C@H](C(=O)C=C4[C@@]5(C)C=C(C#N)C(=O)C(C)(C)[C@@H]5CC[C@]43C)[C@@H]2C1. The number of Topliss-reactive ketones (excluding diaryl/α,β-unsaturated/α-hetero) is 1. The molecule has 5 aliphatic carbocycles. The molecule has 3 fully saturated rings. The van der Waals surface area contributed by atoms with Crippen LogP contribution in [-0.2, 0) is 21.2 Å². The first kappa shape index (κ1) is 29.3. The van der Waals surface area contributed by atoms with Gasteiger partial charge in [-0.05, 0) is 79.1 Å². The van der Waals surface area contributed by atoms with Crippen LogP contribution in [0, 0.1) is 56.2 Å². The van der Waals surface area contributed by atoms with E-state index in [1.807, 2.05) is 19.9 Å². The zero-order valence-electron chi connectivity index (χ0n) is 25.5. The molecule has 0 saturated heterocycles. The molecule has 3 saturated carbocycles. The molecule has 42 heavy (non-hydrogen) atoms. The number of nitrogens with zero attached hydrogens (tertiary/aromatic N) is 3. The number of halogens is 3. The number of hydrogen-bond acceptors (Lipinski definition) is 6. The molecule has 0 spiro atoms. The maximum absolute atomic E-state index is 14.6. The Labute approximate surface area is 245 Å². The van der Waals surface area contributed by atoms with Crippen molar-refractivity contribution in [2.24, 2.45) is 44.8 Å². The van der Waals surface area contributed by atoms with Crippen molar-refractivity contribution in [3.63, 3.8) is 0 Å². The van der Waals surface area contributed by atoms with Crippen LogP contribution in [0.15, 0.2) is 27.8 Å². The fraction of sp³-hybridized carbons (Fsp3) is 0.727. The minimum atomic E-state index is -4.71. The van der Waals surface area contributed by atoms with Crippen molar-refractivity contribution < 1.29 is 27.3 Å². The lowest BCUT2D eigenvalue weighted by Crippen LogP contribution is -2.65. The van der Waals surface area contributed by atoms with E-state index in [1.54, 1.807) is 6.08 Å². The van der Waals surface area contributed by atoms with Crippen LogP contribution in [-0.4, -0.2) is 21.7 Å². The van der Waals surface area contributed by atoms with Gasteiger partial charge in [-0.25, -0.2) is 0 Å². The molecule has 226 valence electrons. The van der Waals surface area contributed by atoms with Crippen molar-refractivity contribution in [1.29, 1.82) is 5.26 Å². The molecule has 1 heterocycles. The van der Waals surface area contributed by atoms with E-state index in [9.17, 15) is 28.0 Å². The van der Waals surface area contributed by atoms with Gasteiger partial charge in [-0.1, -0.05) is 65.3 Å². The van der Waals surface area contributed by atoms with E-state index >= 15 is 0 Å². The lowest BCUT2D eigenvalue weighted by atomic mass is 9.34. The van der Waals surface area contributed by atoms with Gasteiger partial charge >= 0.3 is 6.18 Å². The smallest absolute Gasteiger partial charge is 0.338 e. The molecule has 0 N–H and O–H groups in total. The van der Waals surface area contributed by atoms with Crippen LogP contribution in [0.3, 0.4) is 0 Å². The number of carbonyl (C=O) groups excluding carboxylic acids is 2. The Balaban J connectivity index is 1.52. The van der Waals surface area contributed by atoms with Gasteiger partial charge in [0.1, 0.15) is 6.07 Å². The van der Waals surface area contributed by atoms with Crippen LogP contribution in [0.25, 0.3) is 0 Å². The fourth-order valence-corrected chi connectivity index (χ4v) is 10.5. The minimum absolute atomic E-state index is 0.00918. The van der Waals surface area contributed by atoms with E-state index in [-0.39, 0.29) is 40.3 Å². The van der Waals surface area contributed by atoms with Gasteiger partial charge in [-0.3, -0.25) is 9.59 Å². The van der Waals surface area contributed by atoms with E-state index in [0.29, 0.717) is 25.7 Å². The highest BCUT2D eigenvalue weighted by Crippen LogP contribution is 2.74. The van der Waals surface area contributed by atoms with E-state index in [0.717, 1.165) is 24.8 Å². The molecule has 0 aromatic carbocycles. The second kappa shape index (κ2) is 8.45. The number of carbonyl (C=O) groups is 2. The highest BCUT2D eigenvalue weighted by molar-refractivity contribution is 6.04. The highest BCUT2D eigenvalue weighted by Gasteiger charge is 2.71. The average molecular weight is 584 g/mol. The topological polar surface area (TPSA) is 96.8 Å². The summed E-state index contributed by atoms with van der Waals surface area (Å²) in [5.74, 6) is -2.17. The zero-order chi connectivity index (χ0) is 30.9. The third-order valence-corrected chi connectivity index (χ3v) is 13.0. The Morgan fingerprint density at radius 3 is 2.29 bits per heavy atom. The van der Waals surface area contributed by atoms with Crippen LogP contribution >= 0.6 is 0 Å². The number of hydrogen-bond donors (Lipinski definition) is 0. The Hall–Kier alpha value is -2.76. The van der Waals surface area contributed by atoms with Gasteiger partial charge in [0.15, 0.2) is 11.6 Å². The van der Waals surface area contributed by atoms with Gasteiger partial charge in [0.05, 0.1) is 11.0 Å². The third-order valence-electron chi connectivity index (χ3n) is 13.0. The number of nitriles is 1. The van der Waals surface area contributed by atoms with Crippen molar-refractivity contribution >= 4 is 11.6 Å². The van der Waals surface area contributed by atoms with Crippen LogP contribution in [0.2, 0.25) is 0 Å². The number of rotatable bonds is 1. The van der Waals surface area contributed by atoms with Crippen molar-refractivity contribution in [3.05, 3.63) is 35.0 Å². The first-order valence-corrected chi connectivity index (χ1v) is 15.1. The number of aromatic nitrogens is 2. The standard InChI is InChI=1S/C33H40F3N3O3/c1-27(2)10-12-32(26-38-25(39-42-26)33(34,35)36)13-11-31(7)23(19(32)16-27)20(40)14-22-29(5)15-18(17-37)24(41)28(3,4)21(29)8-9-30(22,31)6/h14-15,19,21,23H,8-13,16H2,1-7H3/t19-,21-,23-,29-,30+,31+,32-/m0/s1. The number of alkyl halides is 3. The summed E-state index contributed by atoms with van der Waals surface area (Å²) in [5, 5.41) is 13.2. The molecule has 0 unspecified atom stereocenters. The number of allylic oxidation sites excluding steroid dienone is 4. The maximum atomic E-state index is 14.6. The molecule has 1 aromatic heterocycles. The van der Waals surface area contributed by atoms with Crippen LogP contribution in [0.5, 0.6) is 0 Å². The lowest BCUT2D eigenvalue weighted by Gasteiger charge is -2.68. The molecule has 6 nitrogen and oxygen atoms in total. The van der Waals surface area contributed by atoms with Crippen LogP contribution in [0.4, 0.5) is 13.2 Å². The maximum Gasteiger partial charge on any atom is 0.455 e. The van der Waals surface area contributed by atoms with Crippen molar-refractivity contribution in [3.8, 4) is 6.07 Å². The molecule has 5 aliphatic rings. The minimum Gasteiger partial charge on any atom is -0.338 e. The second-order valence-corrected chi connectivity index (χ2v) is 15.8. The largest absolute Gasteiger partial charge is 0.455 e. The number of fused-ring (bicyclic) bond motifs is 7. The molecule has 6 rings (SSSR count). The van der Waals surface area contributed by atoms with Crippen molar-refractivity contribution in [2.45, 2.75) is 105 Å². The lowest BCUT2D eigenvalue weighted by molar-refractivity contribution is -0.161. The van der Waals surface area contributed by atoms with E-state index in [1.165, 1.54) is 0 Å². The normalized spacial score (nSPS) is 42.3.